The zero-order valence-corrected chi connectivity index (χ0v) is 15.5. The van der Waals surface area contributed by atoms with E-state index in [0.717, 1.165) is 31.6 Å². The summed E-state index contributed by atoms with van der Waals surface area (Å²) in [5.74, 6) is -0.295. The number of hydrogen-bond acceptors (Lipinski definition) is 5. The van der Waals surface area contributed by atoms with Crippen molar-refractivity contribution in [2.24, 2.45) is 0 Å². The number of carboxylic acid groups (broad SMARTS) is 1. The third-order valence-corrected chi connectivity index (χ3v) is 5.00. The molecule has 0 aromatic heterocycles. The lowest BCUT2D eigenvalue weighted by molar-refractivity contribution is 0.0696. The van der Waals surface area contributed by atoms with Crippen molar-refractivity contribution in [3.8, 4) is 11.8 Å². The summed E-state index contributed by atoms with van der Waals surface area (Å²) in [5, 5.41) is 22.1. The Kier molecular flexibility index (Phi) is 5.51. The Balaban J connectivity index is 1.72. The molecule has 1 aliphatic rings. The van der Waals surface area contributed by atoms with Crippen molar-refractivity contribution in [3.63, 3.8) is 0 Å². The Morgan fingerprint density at radius 3 is 2.63 bits per heavy atom. The molecule has 0 aliphatic carbocycles. The third kappa shape index (κ3) is 3.98. The Labute approximate surface area is 159 Å². The van der Waals surface area contributed by atoms with E-state index in [-0.39, 0.29) is 11.6 Å². The van der Waals surface area contributed by atoms with Crippen molar-refractivity contribution in [2.75, 3.05) is 30.4 Å². The summed E-state index contributed by atoms with van der Waals surface area (Å²) in [5.41, 5.74) is 3.32. The van der Waals surface area contributed by atoms with E-state index < -0.39 is 5.97 Å². The van der Waals surface area contributed by atoms with E-state index in [2.05, 4.69) is 16.3 Å². The highest BCUT2D eigenvalue weighted by molar-refractivity contribution is 5.91. The number of hydrogen-bond donors (Lipinski definition) is 2. The molecule has 2 aromatic carbocycles. The van der Waals surface area contributed by atoms with Gasteiger partial charge in [0.1, 0.15) is 11.8 Å². The number of para-hydroxylation sites is 1. The molecule has 140 valence electrons. The van der Waals surface area contributed by atoms with E-state index in [0.29, 0.717) is 22.6 Å². The minimum absolute atomic E-state index is 0.216. The molecule has 27 heavy (non-hydrogen) atoms. The van der Waals surface area contributed by atoms with Crippen LogP contribution in [0.3, 0.4) is 0 Å². The van der Waals surface area contributed by atoms with Crippen LogP contribution in [0.25, 0.3) is 0 Å². The highest BCUT2D eigenvalue weighted by Crippen LogP contribution is 2.31. The molecule has 6 heteroatoms. The number of anilines is 2. The van der Waals surface area contributed by atoms with E-state index in [9.17, 15) is 15.2 Å². The van der Waals surface area contributed by atoms with Crippen molar-refractivity contribution < 1.29 is 14.6 Å². The number of piperidine rings is 1. The van der Waals surface area contributed by atoms with Crippen LogP contribution in [0.2, 0.25) is 0 Å². The fourth-order valence-corrected chi connectivity index (χ4v) is 3.52. The molecular formula is C21H23N3O3. The van der Waals surface area contributed by atoms with Crippen LogP contribution < -0.4 is 15.0 Å². The van der Waals surface area contributed by atoms with E-state index >= 15 is 0 Å². The molecule has 1 saturated heterocycles. The SMILES string of the molecule is COc1cc(C)c(C(=O)O)cc1NC1CCN(c2ccccc2C#N)CC1. The fourth-order valence-electron chi connectivity index (χ4n) is 3.52. The summed E-state index contributed by atoms with van der Waals surface area (Å²) in [7, 11) is 1.59. The molecule has 3 rings (SSSR count). The number of benzene rings is 2. The average Bonchev–Trinajstić information content (AvgIpc) is 2.69. The van der Waals surface area contributed by atoms with Gasteiger partial charge in [0.15, 0.2) is 0 Å². The van der Waals surface area contributed by atoms with E-state index in [4.69, 9.17) is 4.74 Å². The molecule has 0 spiro atoms. The van der Waals surface area contributed by atoms with Crippen molar-refractivity contribution in [2.45, 2.75) is 25.8 Å². The maximum Gasteiger partial charge on any atom is 0.336 e. The number of methoxy groups -OCH3 is 1. The number of nitrogens with zero attached hydrogens (tertiary/aromatic N) is 2. The molecule has 0 bridgehead atoms. The molecule has 0 radical (unpaired) electrons. The maximum atomic E-state index is 11.4. The number of ether oxygens (including phenoxy) is 1. The quantitative estimate of drug-likeness (QED) is 0.841. The molecule has 1 fully saturated rings. The standard InChI is InChI=1S/C21H23N3O3/c1-14-11-20(27-2)18(12-17(14)21(25)26)23-16-7-9-24(10-8-16)19-6-4-3-5-15(19)13-22/h3-6,11-12,16,23H,7-10H2,1-2H3,(H,25,26). The predicted octanol–water partition coefficient (Wildman–Crippen LogP) is 3.65. The van der Waals surface area contributed by atoms with Gasteiger partial charge in [0.2, 0.25) is 0 Å². The largest absolute Gasteiger partial charge is 0.495 e. The Morgan fingerprint density at radius 2 is 2.00 bits per heavy atom. The van der Waals surface area contributed by atoms with Crippen molar-refractivity contribution in [3.05, 3.63) is 53.1 Å². The average molecular weight is 365 g/mol. The molecule has 0 amide bonds. The summed E-state index contributed by atoms with van der Waals surface area (Å²) in [4.78, 5) is 13.7. The zero-order valence-electron chi connectivity index (χ0n) is 15.5. The van der Waals surface area contributed by atoms with E-state index in [1.807, 2.05) is 24.3 Å². The lowest BCUT2D eigenvalue weighted by atomic mass is 10.0. The summed E-state index contributed by atoms with van der Waals surface area (Å²) < 4.78 is 5.42. The van der Waals surface area contributed by atoms with Gasteiger partial charge < -0.3 is 20.1 Å². The highest BCUT2D eigenvalue weighted by atomic mass is 16.5. The van der Waals surface area contributed by atoms with Gasteiger partial charge in [0, 0.05) is 19.1 Å². The molecule has 1 aliphatic heterocycles. The lowest BCUT2D eigenvalue weighted by Crippen LogP contribution is -2.39. The first-order valence-electron chi connectivity index (χ1n) is 8.96. The summed E-state index contributed by atoms with van der Waals surface area (Å²) in [6.07, 6.45) is 1.78. The van der Waals surface area contributed by atoms with Crippen LogP contribution in [0.4, 0.5) is 11.4 Å². The summed E-state index contributed by atoms with van der Waals surface area (Å²) >= 11 is 0. The number of carbonyl (C=O) groups is 1. The van der Waals surface area contributed by atoms with Gasteiger partial charge in [-0.25, -0.2) is 4.79 Å². The van der Waals surface area contributed by atoms with Gasteiger partial charge in [-0.3, -0.25) is 0 Å². The second kappa shape index (κ2) is 8.00. The monoisotopic (exact) mass is 365 g/mol. The van der Waals surface area contributed by atoms with Gasteiger partial charge in [-0.1, -0.05) is 12.1 Å². The number of carboxylic acids is 1. The normalized spacial score (nSPS) is 14.5. The number of rotatable bonds is 5. The molecule has 6 nitrogen and oxygen atoms in total. The van der Waals surface area contributed by atoms with Crippen molar-refractivity contribution in [1.29, 1.82) is 5.26 Å². The van der Waals surface area contributed by atoms with Gasteiger partial charge in [-0.15, -0.1) is 0 Å². The molecule has 0 saturated carbocycles. The fraction of sp³-hybridized carbons (Fsp3) is 0.333. The molecule has 2 N–H and O–H groups in total. The number of aryl methyl sites for hydroxylation is 1. The van der Waals surface area contributed by atoms with Crippen LogP contribution in [-0.4, -0.2) is 37.3 Å². The smallest absolute Gasteiger partial charge is 0.336 e. The van der Waals surface area contributed by atoms with E-state index in [1.165, 1.54) is 0 Å². The first-order chi connectivity index (χ1) is 13.0. The number of aromatic carboxylic acids is 1. The minimum Gasteiger partial charge on any atom is -0.495 e. The molecule has 0 atom stereocenters. The van der Waals surface area contributed by atoms with Crippen LogP contribution in [0.15, 0.2) is 36.4 Å². The summed E-state index contributed by atoms with van der Waals surface area (Å²) in [6, 6.07) is 13.5. The van der Waals surface area contributed by atoms with Gasteiger partial charge in [-0.05, 0) is 49.6 Å². The first-order valence-corrected chi connectivity index (χ1v) is 8.96. The van der Waals surface area contributed by atoms with Crippen LogP contribution in [0.1, 0.15) is 34.3 Å². The van der Waals surface area contributed by atoms with Crippen LogP contribution >= 0.6 is 0 Å². The second-order valence-electron chi connectivity index (χ2n) is 6.71. The van der Waals surface area contributed by atoms with Gasteiger partial charge in [-0.2, -0.15) is 5.26 Å². The zero-order chi connectivity index (χ0) is 19.4. The topological polar surface area (TPSA) is 85.6 Å². The molecular weight excluding hydrogens is 342 g/mol. The third-order valence-electron chi connectivity index (χ3n) is 5.00. The molecule has 2 aromatic rings. The first kappa shape index (κ1) is 18.6. The van der Waals surface area contributed by atoms with Crippen LogP contribution in [0, 0.1) is 18.3 Å². The minimum atomic E-state index is -0.943. The van der Waals surface area contributed by atoms with Crippen molar-refractivity contribution >= 4 is 17.3 Å². The Morgan fingerprint density at radius 1 is 1.30 bits per heavy atom. The van der Waals surface area contributed by atoms with Crippen LogP contribution in [-0.2, 0) is 0 Å². The highest BCUT2D eigenvalue weighted by Gasteiger charge is 2.22. The lowest BCUT2D eigenvalue weighted by Gasteiger charge is -2.35. The second-order valence-corrected chi connectivity index (χ2v) is 6.71. The molecule has 0 unspecified atom stereocenters. The Bertz CT molecular complexity index is 881. The van der Waals surface area contributed by atoms with E-state index in [1.54, 1.807) is 26.2 Å². The van der Waals surface area contributed by atoms with Crippen molar-refractivity contribution in [1.82, 2.24) is 0 Å². The maximum absolute atomic E-state index is 11.4. The van der Waals surface area contributed by atoms with Crippen LogP contribution in [0.5, 0.6) is 5.75 Å². The van der Waals surface area contributed by atoms with Gasteiger partial charge >= 0.3 is 5.97 Å². The predicted molar refractivity (Wildman–Crippen MR) is 105 cm³/mol. The number of nitrogens with one attached hydrogen (secondary N) is 1. The Hall–Kier alpha value is -3.20. The molecule has 1 heterocycles. The summed E-state index contributed by atoms with van der Waals surface area (Å²) in [6.45, 7) is 3.42. The van der Waals surface area contributed by atoms with Gasteiger partial charge in [0.25, 0.3) is 0 Å². The van der Waals surface area contributed by atoms with Gasteiger partial charge in [0.05, 0.1) is 29.6 Å². The number of nitriles is 1.